The zero-order valence-electron chi connectivity index (χ0n) is 16.8. The first-order chi connectivity index (χ1) is 13.6. The molecule has 2 heterocycles. The quantitative estimate of drug-likeness (QED) is 0.664. The SMILES string of the molecule is CCCCN1CCCCC1CNC(=O)CCCN1C(=O)c2ccccc2C1=O. The summed E-state index contributed by atoms with van der Waals surface area (Å²) in [4.78, 5) is 40.7. The van der Waals surface area contributed by atoms with Crippen LogP contribution in [-0.2, 0) is 4.79 Å². The predicted molar refractivity (Wildman–Crippen MR) is 108 cm³/mol. The van der Waals surface area contributed by atoms with Crippen molar-refractivity contribution in [1.82, 2.24) is 15.1 Å². The number of imide groups is 1. The topological polar surface area (TPSA) is 69.7 Å². The molecule has 6 heteroatoms. The van der Waals surface area contributed by atoms with Gasteiger partial charge in [0.25, 0.3) is 11.8 Å². The number of benzene rings is 1. The molecule has 0 spiro atoms. The Kier molecular flexibility index (Phi) is 7.20. The largest absolute Gasteiger partial charge is 0.355 e. The average Bonchev–Trinajstić information content (AvgIpc) is 2.96. The molecule has 2 aliphatic heterocycles. The molecule has 1 atom stereocenters. The van der Waals surface area contributed by atoms with E-state index in [1.807, 2.05) is 0 Å². The molecule has 3 rings (SSSR count). The molecule has 3 amide bonds. The van der Waals surface area contributed by atoms with E-state index < -0.39 is 0 Å². The molecule has 0 bridgehead atoms. The maximum atomic E-state index is 12.3. The summed E-state index contributed by atoms with van der Waals surface area (Å²) in [5, 5.41) is 3.05. The Morgan fingerprint density at radius 3 is 2.46 bits per heavy atom. The van der Waals surface area contributed by atoms with Gasteiger partial charge in [0.15, 0.2) is 0 Å². The van der Waals surface area contributed by atoms with Crippen LogP contribution < -0.4 is 5.32 Å². The van der Waals surface area contributed by atoms with Crippen molar-refractivity contribution in [3.05, 3.63) is 35.4 Å². The fraction of sp³-hybridized carbons (Fsp3) is 0.591. The molecule has 28 heavy (non-hydrogen) atoms. The van der Waals surface area contributed by atoms with Gasteiger partial charge in [0, 0.05) is 25.6 Å². The van der Waals surface area contributed by atoms with Gasteiger partial charge in [0.1, 0.15) is 0 Å². The summed E-state index contributed by atoms with van der Waals surface area (Å²) in [5.41, 5.74) is 0.919. The van der Waals surface area contributed by atoms with Crippen LogP contribution in [0.15, 0.2) is 24.3 Å². The summed E-state index contributed by atoms with van der Waals surface area (Å²) in [6, 6.07) is 7.31. The number of nitrogens with zero attached hydrogens (tertiary/aromatic N) is 2. The van der Waals surface area contributed by atoms with Gasteiger partial charge in [0.05, 0.1) is 11.1 Å². The number of carbonyl (C=O) groups is 3. The third kappa shape index (κ3) is 4.79. The fourth-order valence-corrected chi connectivity index (χ4v) is 4.11. The Hall–Kier alpha value is -2.21. The van der Waals surface area contributed by atoms with Gasteiger partial charge in [-0.3, -0.25) is 24.2 Å². The zero-order valence-corrected chi connectivity index (χ0v) is 16.8. The highest BCUT2D eigenvalue weighted by Crippen LogP contribution is 2.22. The van der Waals surface area contributed by atoms with Gasteiger partial charge in [-0.1, -0.05) is 31.9 Å². The van der Waals surface area contributed by atoms with Gasteiger partial charge < -0.3 is 5.32 Å². The average molecular weight is 386 g/mol. The van der Waals surface area contributed by atoms with E-state index in [0.29, 0.717) is 36.6 Å². The summed E-state index contributed by atoms with van der Waals surface area (Å²) in [6.45, 7) is 5.41. The normalized spacial score (nSPS) is 19.8. The van der Waals surface area contributed by atoms with E-state index in [1.54, 1.807) is 24.3 Å². The summed E-state index contributed by atoms with van der Waals surface area (Å²) < 4.78 is 0. The predicted octanol–water partition coefficient (Wildman–Crippen LogP) is 2.83. The van der Waals surface area contributed by atoms with Gasteiger partial charge in [0.2, 0.25) is 5.91 Å². The molecule has 1 aromatic rings. The lowest BCUT2D eigenvalue weighted by molar-refractivity contribution is -0.121. The first-order valence-electron chi connectivity index (χ1n) is 10.6. The number of fused-ring (bicyclic) bond motifs is 1. The zero-order chi connectivity index (χ0) is 19.9. The molecule has 0 saturated carbocycles. The first-order valence-corrected chi connectivity index (χ1v) is 10.6. The molecule has 0 aliphatic carbocycles. The van der Waals surface area contributed by atoms with Crippen molar-refractivity contribution in [2.24, 2.45) is 0 Å². The molecule has 1 aromatic carbocycles. The van der Waals surface area contributed by atoms with Crippen molar-refractivity contribution in [1.29, 1.82) is 0 Å². The summed E-state index contributed by atoms with van der Waals surface area (Å²) in [6.07, 6.45) is 6.81. The van der Waals surface area contributed by atoms with Gasteiger partial charge in [-0.2, -0.15) is 0 Å². The highest BCUT2D eigenvalue weighted by atomic mass is 16.2. The van der Waals surface area contributed by atoms with Crippen LogP contribution >= 0.6 is 0 Å². The second kappa shape index (κ2) is 9.82. The van der Waals surface area contributed by atoms with Crippen molar-refractivity contribution in [2.75, 3.05) is 26.2 Å². The molecule has 1 unspecified atom stereocenters. The lowest BCUT2D eigenvalue weighted by atomic mass is 10.0. The van der Waals surface area contributed by atoms with Gasteiger partial charge in [-0.25, -0.2) is 0 Å². The van der Waals surface area contributed by atoms with Crippen molar-refractivity contribution in [2.45, 2.75) is 57.9 Å². The number of unbranched alkanes of at least 4 members (excludes halogenated alkanes) is 1. The van der Waals surface area contributed by atoms with Crippen LogP contribution in [0.5, 0.6) is 0 Å². The lowest BCUT2D eigenvalue weighted by Crippen LogP contribution is -2.47. The highest BCUT2D eigenvalue weighted by Gasteiger charge is 2.34. The van der Waals surface area contributed by atoms with E-state index >= 15 is 0 Å². The maximum Gasteiger partial charge on any atom is 0.261 e. The molecule has 152 valence electrons. The molecule has 0 aromatic heterocycles. The number of hydrogen-bond donors (Lipinski definition) is 1. The van der Waals surface area contributed by atoms with E-state index in [1.165, 1.54) is 30.6 Å². The molecular weight excluding hydrogens is 354 g/mol. The molecule has 1 saturated heterocycles. The smallest absolute Gasteiger partial charge is 0.261 e. The van der Waals surface area contributed by atoms with Gasteiger partial charge in [-0.05, 0) is 50.9 Å². The Labute approximate surface area is 167 Å². The van der Waals surface area contributed by atoms with Gasteiger partial charge in [-0.15, -0.1) is 0 Å². The van der Waals surface area contributed by atoms with Crippen molar-refractivity contribution in [3.8, 4) is 0 Å². The van der Waals surface area contributed by atoms with Gasteiger partial charge >= 0.3 is 0 Å². The molecule has 2 aliphatic rings. The van der Waals surface area contributed by atoms with E-state index in [4.69, 9.17) is 0 Å². The second-order valence-corrected chi connectivity index (χ2v) is 7.75. The third-order valence-electron chi connectivity index (χ3n) is 5.75. The van der Waals surface area contributed by atoms with E-state index in [-0.39, 0.29) is 24.3 Å². The second-order valence-electron chi connectivity index (χ2n) is 7.75. The number of nitrogens with one attached hydrogen (secondary N) is 1. The molecule has 1 N–H and O–H groups in total. The molecular formula is C22H31N3O3. The Bertz CT molecular complexity index is 684. The molecule has 0 radical (unpaired) electrons. The Morgan fingerprint density at radius 1 is 1.07 bits per heavy atom. The van der Waals surface area contributed by atoms with Crippen LogP contribution in [0, 0.1) is 0 Å². The van der Waals surface area contributed by atoms with Crippen LogP contribution in [0.1, 0.15) is 72.6 Å². The van der Waals surface area contributed by atoms with Crippen LogP contribution in [0.2, 0.25) is 0 Å². The van der Waals surface area contributed by atoms with Crippen LogP contribution in [0.3, 0.4) is 0 Å². The number of amides is 3. The monoisotopic (exact) mass is 385 g/mol. The lowest BCUT2D eigenvalue weighted by Gasteiger charge is -2.35. The van der Waals surface area contributed by atoms with E-state index in [2.05, 4.69) is 17.1 Å². The molecule has 1 fully saturated rings. The minimum absolute atomic E-state index is 0.00220. The Morgan fingerprint density at radius 2 is 1.79 bits per heavy atom. The Balaban J connectivity index is 1.40. The van der Waals surface area contributed by atoms with E-state index in [9.17, 15) is 14.4 Å². The maximum absolute atomic E-state index is 12.3. The highest BCUT2D eigenvalue weighted by molar-refractivity contribution is 6.21. The number of piperidine rings is 1. The van der Waals surface area contributed by atoms with Crippen LogP contribution in [0.25, 0.3) is 0 Å². The fourth-order valence-electron chi connectivity index (χ4n) is 4.11. The van der Waals surface area contributed by atoms with E-state index in [0.717, 1.165) is 19.5 Å². The standard InChI is InChI=1S/C22H31N3O3/c1-2-3-13-24-14-7-6-9-17(24)16-23-20(26)12-8-15-25-21(27)18-10-4-5-11-19(18)22(25)28/h4-5,10-11,17H,2-3,6-9,12-16H2,1H3,(H,23,26). The number of carbonyl (C=O) groups excluding carboxylic acids is 3. The summed E-state index contributed by atoms with van der Waals surface area (Å²) >= 11 is 0. The number of likely N-dealkylation sites (tertiary alicyclic amines) is 1. The minimum atomic E-state index is -0.255. The summed E-state index contributed by atoms with van der Waals surface area (Å²) in [5.74, 6) is -0.512. The molecule has 6 nitrogen and oxygen atoms in total. The first kappa shape index (κ1) is 20.5. The number of rotatable bonds is 9. The minimum Gasteiger partial charge on any atom is -0.355 e. The van der Waals surface area contributed by atoms with Crippen molar-refractivity contribution >= 4 is 17.7 Å². The third-order valence-corrected chi connectivity index (χ3v) is 5.75. The van der Waals surface area contributed by atoms with Crippen LogP contribution in [-0.4, -0.2) is 59.7 Å². The van der Waals surface area contributed by atoms with Crippen LogP contribution in [0.4, 0.5) is 0 Å². The van der Waals surface area contributed by atoms with Crippen molar-refractivity contribution < 1.29 is 14.4 Å². The summed E-state index contributed by atoms with van der Waals surface area (Å²) in [7, 11) is 0. The number of hydrogen-bond acceptors (Lipinski definition) is 4. The van der Waals surface area contributed by atoms with Crippen molar-refractivity contribution in [3.63, 3.8) is 0 Å².